The number of likely N-dealkylation sites (tertiary alicyclic amines) is 1. The highest BCUT2D eigenvalue weighted by Gasteiger charge is 2.35. The molecule has 1 aromatic rings. The van der Waals surface area contributed by atoms with Gasteiger partial charge in [-0.1, -0.05) is 15.9 Å². The van der Waals surface area contributed by atoms with Gasteiger partial charge in [0.25, 0.3) is 0 Å². The van der Waals surface area contributed by atoms with Gasteiger partial charge in [0.15, 0.2) is 0 Å². The zero-order chi connectivity index (χ0) is 14.8. The van der Waals surface area contributed by atoms with E-state index >= 15 is 0 Å². The molecule has 2 aliphatic rings. The monoisotopic (exact) mass is 355 g/mol. The summed E-state index contributed by atoms with van der Waals surface area (Å²) in [6, 6.07) is 8.02. The van der Waals surface area contributed by atoms with Crippen LogP contribution in [-0.2, 0) is 0 Å². The molecule has 3 rings (SSSR count). The lowest BCUT2D eigenvalue weighted by atomic mass is 10.1. The van der Waals surface area contributed by atoms with Crippen molar-refractivity contribution in [2.45, 2.75) is 12.5 Å². The van der Waals surface area contributed by atoms with E-state index in [2.05, 4.69) is 33.0 Å². The number of carbonyl (C=O) groups is 1. The standard InChI is InChI=1S/C15H19BrFN3O/c16-12-1-3-13(4-2-12)18-7-9-19(10-8-18)15(21)20-6-5-14(20)11-17/h1-4,14H,5-11H2. The Morgan fingerprint density at radius 3 is 2.33 bits per heavy atom. The molecular formula is C15H19BrFN3O. The van der Waals surface area contributed by atoms with Gasteiger partial charge in [-0.05, 0) is 30.7 Å². The van der Waals surface area contributed by atoms with Gasteiger partial charge in [-0.15, -0.1) is 0 Å². The number of nitrogens with zero attached hydrogens (tertiary/aromatic N) is 3. The molecule has 0 N–H and O–H groups in total. The number of carbonyl (C=O) groups excluding carboxylic acids is 1. The van der Waals surface area contributed by atoms with Crippen LogP contribution < -0.4 is 4.90 Å². The Balaban J connectivity index is 1.55. The van der Waals surface area contributed by atoms with Crippen molar-refractivity contribution in [2.75, 3.05) is 44.3 Å². The number of amides is 2. The van der Waals surface area contributed by atoms with Gasteiger partial charge in [-0.25, -0.2) is 9.18 Å². The van der Waals surface area contributed by atoms with E-state index in [9.17, 15) is 9.18 Å². The molecular weight excluding hydrogens is 337 g/mol. The molecule has 2 aliphatic heterocycles. The molecule has 2 amide bonds. The van der Waals surface area contributed by atoms with Gasteiger partial charge in [0.05, 0.1) is 6.04 Å². The summed E-state index contributed by atoms with van der Waals surface area (Å²) in [4.78, 5) is 18.1. The van der Waals surface area contributed by atoms with Crippen LogP contribution in [0, 0.1) is 0 Å². The molecule has 0 bridgehead atoms. The maximum absolute atomic E-state index is 12.7. The molecule has 0 aromatic heterocycles. The molecule has 0 radical (unpaired) electrons. The van der Waals surface area contributed by atoms with Gasteiger partial charge >= 0.3 is 6.03 Å². The van der Waals surface area contributed by atoms with E-state index in [1.54, 1.807) is 4.90 Å². The van der Waals surface area contributed by atoms with Crippen LogP contribution in [0.15, 0.2) is 28.7 Å². The summed E-state index contributed by atoms with van der Waals surface area (Å²) in [5.74, 6) is 0. The number of hydrogen-bond acceptors (Lipinski definition) is 2. The number of hydrogen-bond donors (Lipinski definition) is 0. The molecule has 0 saturated carbocycles. The number of piperazine rings is 1. The summed E-state index contributed by atoms with van der Waals surface area (Å²) >= 11 is 3.43. The molecule has 6 heteroatoms. The summed E-state index contributed by atoms with van der Waals surface area (Å²) in [6.07, 6.45) is 0.793. The number of alkyl halides is 1. The van der Waals surface area contributed by atoms with Crippen molar-refractivity contribution in [3.63, 3.8) is 0 Å². The van der Waals surface area contributed by atoms with Crippen LogP contribution in [0.2, 0.25) is 0 Å². The number of rotatable bonds is 2. The van der Waals surface area contributed by atoms with E-state index in [0.29, 0.717) is 19.6 Å². The van der Waals surface area contributed by atoms with E-state index in [4.69, 9.17) is 0 Å². The minimum Gasteiger partial charge on any atom is -0.368 e. The lowest BCUT2D eigenvalue weighted by Crippen LogP contribution is -2.60. The van der Waals surface area contributed by atoms with E-state index in [1.165, 1.54) is 5.69 Å². The van der Waals surface area contributed by atoms with Crippen molar-refractivity contribution in [2.24, 2.45) is 0 Å². The van der Waals surface area contributed by atoms with Gasteiger partial charge in [0.1, 0.15) is 6.67 Å². The number of halogens is 2. The van der Waals surface area contributed by atoms with Crippen LogP contribution in [0.3, 0.4) is 0 Å². The maximum atomic E-state index is 12.7. The number of urea groups is 1. The van der Waals surface area contributed by atoms with Crippen molar-refractivity contribution in [3.05, 3.63) is 28.7 Å². The van der Waals surface area contributed by atoms with Crippen molar-refractivity contribution >= 4 is 27.6 Å². The van der Waals surface area contributed by atoms with Crippen LogP contribution in [0.5, 0.6) is 0 Å². The Hall–Kier alpha value is -1.30. The average molecular weight is 356 g/mol. The lowest BCUT2D eigenvalue weighted by Gasteiger charge is -2.44. The van der Waals surface area contributed by atoms with Crippen LogP contribution in [-0.4, -0.2) is 61.3 Å². The Morgan fingerprint density at radius 1 is 1.14 bits per heavy atom. The van der Waals surface area contributed by atoms with Crippen LogP contribution >= 0.6 is 15.9 Å². The Morgan fingerprint density at radius 2 is 1.81 bits per heavy atom. The van der Waals surface area contributed by atoms with Crippen molar-refractivity contribution < 1.29 is 9.18 Å². The molecule has 4 nitrogen and oxygen atoms in total. The summed E-state index contributed by atoms with van der Waals surface area (Å²) < 4.78 is 13.8. The first-order chi connectivity index (χ1) is 10.2. The largest absolute Gasteiger partial charge is 0.368 e. The molecule has 21 heavy (non-hydrogen) atoms. The first-order valence-corrected chi connectivity index (χ1v) is 8.10. The summed E-state index contributed by atoms with van der Waals surface area (Å²) in [7, 11) is 0. The first kappa shape index (κ1) is 14.6. The molecule has 1 atom stereocenters. The predicted molar refractivity (Wildman–Crippen MR) is 84.4 cm³/mol. The molecule has 2 saturated heterocycles. The normalized spacial score (nSPS) is 22.2. The summed E-state index contributed by atoms with van der Waals surface area (Å²) in [6.45, 7) is 3.31. The number of anilines is 1. The van der Waals surface area contributed by atoms with Crippen molar-refractivity contribution in [1.29, 1.82) is 0 Å². The minimum absolute atomic E-state index is 0.000596. The second-order valence-corrected chi connectivity index (χ2v) is 6.44. The quantitative estimate of drug-likeness (QED) is 0.815. The molecule has 0 aliphatic carbocycles. The summed E-state index contributed by atoms with van der Waals surface area (Å²) in [5.41, 5.74) is 1.18. The third-order valence-corrected chi connectivity index (χ3v) is 4.84. The Kier molecular flexibility index (Phi) is 4.33. The van der Waals surface area contributed by atoms with Crippen LogP contribution in [0.1, 0.15) is 6.42 Å². The molecule has 2 fully saturated rings. The molecule has 2 heterocycles. The van der Waals surface area contributed by atoms with Gasteiger partial charge in [-0.2, -0.15) is 0 Å². The predicted octanol–water partition coefficient (Wildman–Crippen LogP) is 2.73. The van der Waals surface area contributed by atoms with E-state index in [1.807, 2.05) is 17.0 Å². The second-order valence-electron chi connectivity index (χ2n) is 5.52. The fraction of sp³-hybridized carbons (Fsp3) is 0.533. The Labute approximate surface area is 132 Å². The molecule has 1 unspecified atom stereocenters. The zero-order valence-electron chi connectivity index (χ0n) is 11.8. The fourth-order valence-electron chi connectivity index (χ4n) is 2.84. The van der Waals surface area contributed by atoms with E-state index in [0.717, 1.165) is 24.0 Å². The second kappa shape index (κ2) is 6.22. The highest BCUT2D eigenvalue weighted by Crippen LogP contribution is 2.23. The van der Waals surface area contributed by atoms with Gasteiger partial charge < -0.3 is 14.7 Å². The third kappa shape index (κ3) is 3.00. The topological polar surface area (TPSA) is 26.8 Å². The molecule has 114 valence electrons. The SMILES string of the molecule is O=C(N1CCN(c2ccc(Br)cc2)CC1)N1CCC1CF. The molecule has 1 aromatic carbocycles. The highest BCUT2D eigenvalue weighted by atomic mass is 79.9. The van der Waals surface area contributed by atoms with Gasteiger partial charge in [0.2, 0.25) is 0 Å². The van der Waals surface area contributed by atoms with Gasteiger partial charge in [-0.3, -0.25) is 0 Å². The minimum atomic E-state index is -0.426. The Bertz CT molecular complexity index is 500. The van der Waals surface area contributed by atoms with Crippen molar-refractivity contribution in [1.82, 2.24) is 9.80 Å². The van der Waals surface area contributed by atoms with E-state index < -0.39 is 6.67 Å². The lowest BCUT2D eigenvalue weighted by molar-refractivity contribution is 0.0699. The fourth-order valence-corrected chi connectivity index (χ4v) is 3.11. The first-order valence-electron chi connectivity index (χ1n) is 7.31. The highest BCUT2D eigenvalue weighted by molar-refractivity contribution is 9.10. The van der Waals surface area contributed by atoms with Crippen LogP contribution in [0.25, 0.3) is 0 Å². The number of benzene rings is 1. The van der Waals surface area contributed by atoms with E-state index in [-0.39, 0.29) is 12.1 Å². The maximum Gasteiger partial charge on any atom is 0.320 e. The zero-order valence-corrected chi connectivity index (χ0v) is 13.4. The summed E-state index contributed by atoms with van der Waals surface area (Å²) in [5, 5.41) is 0. The average Bonchev–Trinajstić information content (AvgIpc) is 2.47. The van der Waals surface area contributed by atoms with Gasteiger partial charge in [0, 0.05) is 42.9 Å². The van der Waals surface area contributed by atoms with Crippen molar-refractivity contribution in [3.8, 4) is 0 Å². The van der Waals surface area contributed by atoms with Crippen LogP contribution in [0.4, 0.5) is 14.9 Å². The smallest absolute Gasteiger partial charge is 0.320 e. The third-order valence-electron chi connectivity index (χ3n) is 4.31. The molecule has 0 spiro atoms.